The molecule has 0 spiro atoms. The summed E-state index contributed by atoms with van der Waals surface area (Å²) in [6.07, 6.45) is 5.79. The van der Waals surface area contributed by atoms with Crippen LogP contribution in [0, 0.1) is 0 Å². The van der Waals surface area contributed by atoms with Gasteiger partial charge in [-0.15, -0.1) is 0 Å². The maximum Gasteiger partial charge on any atom is 0.321 e. The molecule has 1 aliphatic carbocycles. The summed E-state index contributed by atoms with van der Waals surface area (Å²) in [5.74, 6) is -0.362. The summed E-state index contributed by atoms with van der Waals surface area (Å²) in [4.78, 5) is 26.8. The average molecular weight is 471 g/mol. The van der Waals surface area contributed by atoms with Crippen molar-refractivity contribution in [1.82, 2.24) is 14.9 Å². The van der Waals surface area contributed by atoms with E-state index in [1.54, 1.807) is 17.0 Å². The molecule has 1 saturated carbocycles. The molecule has 3 amide bonds. The Hall–Kier alpha value is -2.91. The SMILES string of the molecule is O=C(NCc1cccc(NC(=O)N2CCCC2)c1)c1cccc(S(=O)(=O)NC2CCCC2)c1. The van der Waals surface area contributed by atoms with Crippen LogP contribution in [0.3, 0.4) is 0 Å². The van der Waals surface area contributed by atoms with E-state index in [1.807, 2.05) is 24.3 Å². The molecule has 0 aromatic heterocycles. The van der Waals surface area contributed by atoms with Crippen molar-refractivity contribution in [3.63, 3.8) is 0 Å². The Morgan fingerprint density at radius 3 is 2.42 bits per heavy atom. The van der Waals surface area contributed by atoms with Crippen LogP contribution in [0.25, 0.3) is 0 Å². The highest BCUT2D eigenvalue weighted by atomic mass is 32.2. The van der Waals surface area contributed by atoms with E-state index in [0.717, 1.165) is 57.2 Å². The molecule has 9 heteroatoms. The fourth-order valence-electron chi connectivity index (χ4n) is 4.30. The monoisotopic (exact) mass is 470 g/mol. The fourth-order valence-corrected chi connectivity index (χ4v) is 5.65. The van der Waals surface area contributed by atoms with Crippen molar-refractivity contribution in [3.05, 3.63) is 59.7 Å². The van der Waals surface area contributed by atoms with Crippen molar-refractivity contribution < 1.29 is 18.0 Å². The molecule has 1 heterocycles. The van der Waals surface area contributed by atoms with E-state index in [4.69, 9.17) is 0 Å². The number of likely N-dealkylation sites (tertiary alicyclic amines) is 1. The number of carbonyl (C=O) groups excluding carboxylic acids is 2. The van der Waals surface area contributed by atoms with Crippen LogP contribution in [0.15, 0.2) is 53.4 Å². The lowest BCUT2D eigenvalue weighted by atomic mass is 10.1. The molecular formula is C24H30N4O4S. The van der Waals surface area contributed by atoms with Gasteiger partial charge in [0.2, 0.25) is 10.0 Å². The number of benzene rings is 2. The van der Waals surface area contributed by atoms with Gasteiger partial charge in [0.15, 0.2) is 0 Å². The smallest absolute Gasteiger partial charge is 0.321 e. The molecule has 8 nitrogen and oxygen atoms in total. The number of carbonyl (C=O) groups is 2. The van der Waals surface area contributed by atoms with Gasteiger partial charge in [-0.1, -0.05) is 31.0 Å². The van der Waals surface area contributed by atoms with Crippen LogP contribution < -0.4 is 15.4 Å². The Bertz CT molecular complexity index is 1110. The van der Waals surface area contributed by atoms with Gasteiger partial charge in [0, 0.05) is 36.9 Å². The van der Waals surface area contributed by atoms with Crippen LogP contribution in [0.5, 0.6) is 0 Å². The molecular weight excluding hydrogens is 440 g/mol. The highest BCUT2D eigenvalue weighted by Crippen LogP contribution is 2.21. The number of sulfonamides is 1. The van der Waals surface area contributed by atoms with Crippen molar-refractivity contribution in [2.75, 3.05) is 18.4 Å². The summed E-state index contributed by atoms with van der Waals surface area (Å²) in [6, 6.07) is 13.2. The summed E-state index contributed by atoms with van der Waals surface area (Å²) < 4.78 is 28.1. The van der Waals surface area contributed by atoms with Crippen molar-refractivity contribution in [3.8, 4) is 0 Å². The van der Waals surface area contributed by atoms with Crippen molar-refractivity contribution >= 4 is 27.6 Å². The van der Waals surface area contributed by atoms with Gasteiger partial charge in [-0.2, -0.15) is 0 Å². The molecule has 33 heavy (non-hydrogen) atoms. The standard InChI is InChI=1S/C24H30N4O4S/c29-23(19-8-6-12-22(16-19)33(31,32)27-20-9-1-2-10-20)25-17-18-7-5-11-21(15-18)26-24(30)28-13-3-4-14-28/h5-8,11-12,15-16,20,27H,1-4,9-10,13-14,17H2,(H,25,29)(H,26,30). The number of hydrogen-bond acceptors (Lipinski definition) is 4. The molecule has 1 aliphatic heterocycles. The highest BCUT2D eigenvalue weighted by molar-refractivity contribution is 7.89. The van der Waals surface area contributed by atoms with Crippen molar-refractivity contribution in [2.45, 2.75) is 56.0 Å². The Morgan fingerprint density at radius 1 is 0.939 bits per heavy atom. The number of nitrogens with zero attached hydrogens (tertiary/aromatic N) is 1. The van der Waals surface area contributed by atoms with E-state index >= 15 is 0 Å². The van der Waals surface area contributed by atoms with E-state index in [0.29, 0.717) is 5.69 Å². The van der Waals surface area contributed by atoms with E-state index in [-0.39, 0.29) is 35.0 Å². The van der Waals surface area contributed by atoms with E-state index in [1.165, 1.54) is 12.1 Å². The first-order chi connectivity index (χ1) is 15.9. The Balaban J connectivity index is 1.36. The zero-order chi connectivity index (χ0) is 23.3. The summed E-state index contributed by atoms with van der Waals surface area (Å²) in [7, 11) is -3.67. The lowest BCUT2D eigenvalue weighted by molar-refractivity contribution is 0.0950. The molecule has 0 bridgehead atoms. The molecule has 176 valence electrons. The van der Waals surface area contributed by atoms with E-state index < -0.39 is 10.0 Å². The number of anilines is 1. The first-order valence-corrected chi connectivity index (χ1v) is 12.9. The maximum atomic E-state index is 12.7. The zero-order valence-electron chi connectivity index (χ0n) is 18.5. The van der Waals surface area contributed by atoms with Gasteiger partial charge in [0.05, 0.1) is 4.90 Å². The number of amides is 3. The lowest BCUT2D eigenvalue weighted by Crippen LogP contribution is -2.33. The third-order valence-electron chi connectivity index (χ3n) is 6.11. The maximum absolute atomic E-state index is 12.7. The molecule has 2 aromatic carbocycles. The normalized spacial score (nSPS) is 16.7. The number of urea groups is 1. The topological polar surface area (TPSA) is 108 Å². The van der Waals surface area contributed by atoms with E-state index in [9.17, 15) is 18.0 Å². The van der Waals surface area contributed by atoms with Crippen LogP contribution in [-0.4, -0.2) is 44.4 Å². The van der Waals surface area contributed by atoms with Crippen molar-refractivity contribution in [1.29, 1.82) is 0 Å². The minimum atomic E-state index is -3.67. The molecule has 2 aliphatic rings. The van der Waals surface area contributed by atoms with Gasteiger partial charge in [0.1, 0.15) is 0 Å². The third kappa shape index (κ3) is 6.11. The second-order valence-electron chi connectivity index (χ2n) is 8.64. The van der Waals surface area contributed by atoms with Crippen molar-refractivity contribution in [2.24, 2.45) is 0 Å². The quantitative estimate of drug-likeness (QED) is 0.576. The molecule has 0 radical (unpaired) electrons. The molecule has 1 saturated heterocycles. The largest absolute Gasteiger partial charge is 0.348 e. The zero-order valence-corrected chi connectivity index (χ0v) is 19.4. The minimum Gasteiger partial charge on any atom is -0.348 e. The van der Waals surface area contributed by atoms with Gasteiger partial charge >= 0.3 is 6.03 Å². The summed E-state index contributed by atoms with van der Waals surface area (Å²) in [6.45, 7) is 1.79. The Morgan fingerprint density at radius 2 is 1.67 bits per heavy atom. The average Bonchev–Trinajstić information content (AvgIpc) is 3.52. The Kier molecular flexibility index (Phi) is 7.29. The van der Waals surface area contributed by atoms with Crippen LogP contribution in [-0.2, 0) is 16.6 Å². The van der Waals surface area contributed by atoms with Crippen LogP contribution in [0.2, 0.25) is 0 Å². The summed E-state index contributed by atoms with van der Waals surface area (Å²) >= 11 is 0. The molecule has 0 atom stereocenters. The van der Waals surface area contributed by atoms with E-state index in [2.05, 4.69) is 15.4 Å². The summed E-state index contributed by atoms with van der Waals surface area (Å²) in [5.41, 5.74) is 1.78. The van der Waals surface area contributed by atoms with Crippen LogP contribution >= 0.6 is 0 Å². The number of nitrogens with one attached hydrogen (secondary N) is 3. The minimum absolute atomic E-state index is 0.0364. The second-order valence-corrected chi connectivity index (χ2v) is 10.4. The summed E-state index contributed by atoms with van der Waals surface area (Å²) in [5, 5.41) is 5.72. The lowest BCUT2D eigenvalue weighted by Gasteiger charge is -2.16. The molecule has 3 N–H and O–H groups in total. The van der Waals surface area contributed by atoms with Crippen LogP contribution in [0.4, 0.5) is 10.5 Å². The number of rotatable bonds is 7. The second kappa shape index (κ2) is 10.4. The van der Waals surface area contributed by atoms with Gasteiger partial charge in [0.25, 0.3) is 5.91 Å². The Labute approximate surface area is 194 Å². The first kappa shape index (κ1) is 23.3. The van der Waals surface area contributed by atoms with Gasteiger partial charge in [-0.05, 0) is 61.6 Å². The predicted molar refractivity (Wildman–Crippen MR) is 126 cm³/mol. The molecule has 2 aromatic rings. The highest BCUT2D eigenvalue weighted by Gasteiger charge is 2.23. The van der Waals surface area contributed by atoms with Gasteiger partial charge in [-0.3, -0.25) is 4.79 Å². The van der Waals surface area contributed by atoms with Gasteiger partial charge < -0.3 is 15.5 Å². The molecule has 2 fully saturated rings. The predicted octanol–water partition coefficient (Wildman–Crippen LogP) is 3.47. The van der Waals surface area contributed by atoms with Gasteiger partial charge in [-0.25, -0.2) is 17.9 Å². The first-order valence-electron chi connectivity index (χ1n) is 11.5. The molecule has 4 rings (SSSR count). The molecule has 0 unspecified atom stereocenters. The number of hydrogen-bond donors (Lipinski definition) is 3. The fraction of sp³-hybridized carbons (Fsp3) is 0.417. The van der Waals surface area contributed by atoms with Crippen LogP contribution in [0.1, 0.15) is 54.4 Å². The third-order valence-corrected chi connectivity index (χ3v) is 7.63.